The van der Waals surface area contributed by atoms with Gasteiger partial charge in [0, 0.05) is 23.8 Å². The van der Waals surface area contributed by atoms with Crippen LogP contribution in [0.15, 0.2) is 18.5 Å². The molecule has 0 saturated heterocycles. The van der Waals surface area contributed by atoms with Crippen LogP contribution in [0.25, 0.3) is 11.0 Å². The number of carbonyl (C=O) groups is 1. The molecule has 0 radical (unpaired) electrons. The van der Waals surface area contributed by atoms with Gasteiger partial charge in [0.25, 0.3) is 5.91 Å². The van der Waals surface area contributed by atoms with Crippen LogP contribution < -0.4 is 11.1 Å². The lowest BCUT2D eigenvalue weighted by Gasteiger charge is -2.58. The van der Waals surface area contributed by atoms with E-state index in [4.69, 9.17) is 5.73 Å². The molecule has 6 rings (SSSR count). The fraction of sp³-hybridized carbons (Fsp3) is 0.556. The summed E-state index contributed by atoms with van der Waals surface area (Å²) in [7, 11) is 0. The van der Waals surface area contributed by atoms with Crippen LogP contribution in [0, 0.1) is 17.8 Å². The van der Waals surface area contributed by atoms with Crippen molar-refractivity contribution in [2.75, 3.05) is 5.32 Å². The smallest absolute Gasteiger partial charge is 0.252 e. The summed E-state index contributed by atoms with van der Waals surface area (Å²) in [6.07, 6.45) is 8.42. The van der Waals surface area contributed by atoms with Gasteiger partial charge in [-0.15, -0.1) is 0 Å². The van der Waals surface area contributed by atoms with E-state index in [2.05, 4.69) is 15.3 Å². The number of carbonyl (C=O) groups excluding carboxylic acids is 1. The second kappa shape index (κ2) is 4.72. The zero-order chi connectivity index (χ0) is 16.5. The van der Waals surface area contributed by atoms with Gasteiger partial charge in [-0.25, -0.2) is 4.98 Å². The van der Waals surface area contributed by atoms with E-state index in [1.807, 2.05) is 12.3 Å². The topological polar surface area (TPSA) is 104 Å². The number of H-pyrrole nitrogens is 1. The fourth-order valence-electron chi connectivity index (χ4n) is 5.73. The molecule has 4 bridgehead atoms. The summed E-state index contributed by atoms with van der Waals surface area (Å²) in [5.74, 6) is 1.12. The van der Waals surface area contributed by atoms with Crippen molar-refractivity contribution >= 4 is 22.6 Å². The minimum absolute atomic E-state index is 0.292. The number of hydrogen-bond acceptors (Lipinski definition) is 4. The molecule has 126 valence electrons. The van der Waals surface area contributed by atoms with Gasteiger partial charge in [-0.05, 0) is 55.9 Å². The van der Waals surface area contributed by atoms with Gasteiger partial charge in [0.1, 0.15) is 5.65 Å². The van der Waals surface area contributed by atoms with Crippen molar-refractivity contribution in [3.05, 3.63) is 24.0 Å². The van der Waals surface area contributed by atoms with Gasteiger partial charge in [0.15, 0.2) is 0 Å². The minimum atomic E-state index is -0.462. The first-order valence-electron chi connectivity index (χ1n) is 8.77. The molecule has 6 heteroatoms. The standard InChI is InChI=1S/C18H22N4O2/c19-16(23)13-8-21-17-12(1-2-20-17)15(13)22-14-10-3-9-4-11(14)7-18(24,5-9)6-10/h1-2,8-11,14,24H,3-7H2,(H2,19,23)(H2,20,21,22)/t9?,10-,11-,14?,18?/m0/s1. The van der Waals surface area contributed by atoms with E-state index >= 15 is 0 Å². The SMILES string of the molecule is NC(=O)c1cnc2[nH]ccc2c1NC1[C@H]2CC3C[C@H]1CC(O)(C3)C2. The Hall–Kier alpha value is -2.08. The van der Waals surface area contributed by atoms with E-state index in [1.54, 1.807) is 6.20 Å². The maximum atomic E-state index is 11.9. The van der Waals surface area contributed by atoms with Gasteiger partial charge < -0.3 is 21.1 Å². The Kier molecular flexibility index (Phi) is 2.81. The molecule has 0 spiro atoms. The molecule has 0 aliphatic heterocycles. The van der Waals surface area contributed by atoms with Crippen LogP contribution in [0.2, 0.25) is 0 Å². The number of fused-ring (bicyclic) bond motifs is 1. The lowest BCUT2D eigenvalue weighted by Crippen LogP contribution is -2.59. The molecule has 5 N–H and O–H groups in total. The Bertz CT molecular complexity index is 814. The number of anilines is 1. The highest BCUT2D eigenvalue weighted by molar-refractivity contribution is 6.06. The van der Waals surface area contributed by atoms with Crippen LogP contribution in [0.1, 0.15) is 42.5 Å². The molecule has 2 aromatic rings. The third-order valence-electron chi connectivity index (χ3n) is 6.40. The Morgan fingerprint density at radius 3 is 2.75 bits per heavy atom. The summed E-state index contributed by atoms with van der Waals surface area (Å²) in [5, 5.41) is 15.3. The number of primary amides is 1. The number of aromatic nitrogens is 2. The number of nitrogens with one attached hydrogen (secondary N) is 2. The molecule has 2 aromatic heterocycles. The molecular formula is C18H22N4O2. The summed E-state index contributed by atoms with van der Waals surface area (Å²) in [5.41, 5.74) is 7.10. The molecule has 24 heavy (non-hydrogen) atoms. The maximum absolute atomic E-state index is 11.9. The van der Waals surface area contributed by atoms with Crippen molar-refractivity contribution in [3.8, 4) is 0 Å². The summed E-state index contributed by atoms with van der Waals surface area (Å²) >= 11 is 0. The van der Waals surface area contributed by atoms with E-state index in [0.717, 1.165) is 36.0 Å². The van der Waals surface area contributed by atoms with Crippen molar-refractivity contribution in [2.24, 2.45) is 23.5 Å². The van der Waals surface area contributed by atoms with E-state index in [1.165, 1.54) is 12.8 Å². The molecule has 6 nitrogen and oxygen atoms in total. The largest absolute Gasteiger partial charge is 0.390 e. The highest BCUT2D eigenvalue weighted by Gasteiger charge is 2.54. The van der Waals surface area contributed by atoms with Gasteiger partial charge in [0.2, 0.25) is 0 Å². The number of rotatable bonds is 3. The number of aromatic amines is 1. The third kappa shape index (κ3) is 1.99. The highest BCUT2D eigenvalue weighted by atomic mass is 16.3. The molecule has 4 aliphatic rings. The zero-order valence-electron chi connectivity index (χ0n) is 13.5. The number of aliphatic hydroxyl groups is 1. The average molecular weight is 326 g/mol. The van der Waals surface area contributed by atoms with Gasteiger partial charge in [-0.3, -0.25) is 4.79 Å². The second-order valence-electron chi connectivity index (χ2n) is 8.02. The summed E-state index contributed by atoms with van der Waals surface area (Å²) < 4.78 is 0. The minimum Gasteiger partial charge on any atom is -0.390 e. The predicted molar refractivity (Wildman–Crippen MR) is 90.5 cm³/mol. The molecule has 4 aliphatic carbocycles. The van der Waals surface area contributed by atoms with Crippen LogP contribution in [0.5, 0.6) is 0 Å². The summed E-state index contributed by atoms with van der Waals surface area (Å²) in [4.78, 5) is 19.3. The van der Waals surface area contributed by atoms with Crippen molar-refractivity contribution in [1.29, 1.82) is 0 Å². The Morgan fingerprint density at radius 2 is 2.08 bits per heavy atom. The van der Waals surface area contributed by atoms with Crippen molar-refractivity contribution < 1.29 is 9.90 Å². The molecule has 2 atom stereocenters. The highest BCUT2D eigenvalue weighted by Crippen LogP contribution is 2.56. The monoisotopic (exact) mass is 326 g/mol. The van der Waals surface area contributed by atoms with E-state index in [0.29, 0.717) is 29.4 Å². The van der Waals surface area contributed by atoms with Gasteiger partial charge in [-0.1, -0.05) is 0 Å². The summed E-state index contributed by atoms with van der Waals surface area (Å²) in [6, 6.07) is 2.22. The molecule has 2 heterocycles. The van der Waals surface area contributed by atoms with Gasteiger partial charge >= 0.3 is 0 Å². The van der Waals surface area contributed by atoms with Crippen molar-refractivity contribution in [1.82, 2.24) is 9.97 Å². The van der Waals surface area contributed by atoms with Crippen LogP contribution >= 0.6 is 0 Å². The first kappa shape index (κ1) is 14.3. The Balaban J connectivity index is 1.54. The van der Waals surface area contributed by atoms with Gasteiger partial charge in [0.05, 0.1) is 16.9 Å². The van der Waals surface area contributed by atoms with E-state index in [-0.39, 0.29) is 0 Å². The van der Waals surface area contributed by atoms with Crippen molar-refractivity contribution in [2.45, 2.75) is 43.7 Å². The van der Waals surface area contributed by atoms with Crippen LogP contribution in [0.3, 0.4) is 0 Å². The van der Waals surface area contributed by atoms with E-state index in [9.17, 15) is 9.90 Å². The normalized spacial score (nSPS) is 37.0. The van der Waals surface area contributed by atoms with Crippen LogP contribution in [0.4, 0.5) is 5.69 Å². The number of pyridine rings is 1. The third-order valence-corrected chi connectivity index (χ3v) is 6.40. The summed E-state index contributed by atoms with van der Waals surface area (Å²) in [6.45, 7) is 0. The molecule has 0 unspecified atom stereocenters. The number of nitrogens with two attached hydrogens (primary N) is 1. The maximum Gasteiger partial charge on any atom is 0.252 e. The fourth-order valence-corrected chi connectivity index (χ4v) is 5.73. The zero-order valence-corrected chi connectivity index (χ0v) is 13.5. The Labute approximate surface area is 139 Å². The number of hydrogen-bond donors (Lipinski definition) is 4. The molecular weight excluding hydrogens is 304 g/mol. The predicted octanol–water partition coefficient (Wildman–Crippen LogP) is 2.01. The lowest BCUT2D eigenvalue weighted by molar-refractivity contribution is -0.129. The van der Waals surface area contributed by atoms with Crippen LogP contribution in [-0.2, 0) is 0 Å². The van der Waals surface area contributed by atoms with Gasteiger partial charge in [-0.2, -0.15) is 0 Å². The quantitative estimate of drug-likeness (QED) is 0.692. The van der Waals surface area contributed by atoms with Crippen molar-refractivity contribution in [3.63, 3.8) is 0 Å². The lowest BCUT2D eigenvalue weighted by atomic mass is 9.52. The second-order valence-corrected chi connectivity index (χ2v) is 8.02. The van der Waals surface area contributed by atoms with E-state index < -0.39 is 11.5 Å². The van der Waals surface area contributed by atoms with Crippen LogP contribution in [-0.4, -0.2) is 32.6 Å². The molecule has 4 fully saturated rings. The number of nitrogens with zero attached hydrogens (tertiary/aromatic N) is 1. The molecule has 1 amide bonds. The molecule has 4 saturated carbocycles. The first-order valence-corrected chi connectivity index (χ1v) is 8.77. The molecule has 0 aromatic carbocycles. The average Bonchev–Trinajstić information content (AvgIpc) is 2.97. The Morgan fingerprint density at radius 1 is 1.33 bits per heavy atom. The number of amides is 1. The first-order chi connectivity index (χ1) is 11.5.